The number of hydrogen-bond acceptors (Lipinski definition) is 3. The molecule has 0 bridgehead atoms. The van der Waals surface area contributed by atoms with E-state index in [0.29, 0.717) is 22.9 Å². The van der Waals surface area contributed by atoms with Crippen LogP contribution in [0.2, 0.25) is 5.02 Å². The van der Waals surface area contributed by atoms with Gasteiger partial charge in [0.15, 0.2) is 0 Å². The highest BCUT2D eigenvalue weighted by molar-refractivity contribution is 6.31. The number of pyridine rings is 2. The van der Waals surface area contributed by atoms with Crippen LogP contribution in [-0.2, 0) is 6.54 Å². The van der Waals surface area contributed by atoms with Gasteiger partial charge >= 0.3 is 0 Å². The predicted molar refractivity (Wildman–Crippen MR) is 120 cm³/mol. The molecule has 0 saturated heterocycles. The van der Waals surface area contributed by atoms with Crippen LogP contribution in [-0.4, -0.2) is 15.5 Å². The smallest absolute Gasteiger partial charge is 0.265 e. The summed E-state index contributed by atoms with van der Waals surface area (Å²) >= 11 is 6.06. The summed E-state index contributed by atoms with van der Waals surface area (Å²) < 4.78 is 1.54. The van der Waals surface area contributed by atoms with Gasteiger partial charge in [0.25, 0.3) is 11.5 Å². The quantitative estimate of drug-likeness (QED) is 0.510. The van der Waals surface area contributed by atoms with E-state index >= 15 is 0 Å². The fourth-order valence-electron chi connectivity index (χ4n) is 3.31. The average Bonchev–Trinajstić information content (AvgIpc) is 2.74. The lowest BCUT2D eigenvalue weighted by Crippen LogP contribution is -2.30. The maximum absolute atomic E-state index is 13.3. The molecule has 0 saturated carbocycles. The molecule has 0 atom stereocenters. The minimum Gasteiger partial charge on any atom is -0.322 e. The molecule has 0 spiro atoms. The highest BCUT2D eigenvalue weighted by atomic mass is 35.5. The Bertz CT molecular complexity index is 1310. The van der Waals surface area contributed by atoms with Gasteiger partial charge in [-0.15, -0.1) is 0 Å². The summed E-state index contributed by atoms with van der Waals surface area (Å²) in [6.45, 7) is 4.20. The molecule has 2 aromatic carbocycles. The van der Waals surface area contributed by atoms with E-state index in [9.17, 15) is 9.59 Å². The fraction of sp³-hybridized carbons (Fsp3) is 0.125. The monoisotopic (exact) mass is 417 g/mol. The number of aromatic nitrogens is 2. The Morgan fingerprint density at radius 3 is 2.60 bits per heavy atom. The second-order valence-electron chi connectivity index (χ2n) is 7.26. The van der Waals surface area contributed by atoms with Crippen molar-refractivity contribution in [1.29, 1.82) is 0 Å². The van der Waals surface area contributed by atoms with Gasteiger partial charge in [-0.2, -0.15) is 0 Å². The van der Waals surface area contributed by atoms with Crippen molar-refractivity contribution in [2.75, 3.05) is 5.32 Å². The Hall–Kier alpha value is -3.44. The molecule has 0 fully saturated rings. The van der Waals surface area contributed by atoms with Gasteiger partial charge in [0.1, 0.15) is 11.2 Å². The summed E-state index contributed by atoms with van der Waals surface area (Å²) in [4.78, 5) is 30.7. The molecule has 0 aliphatic carbocycles. The van der Waals surface area contributed by atoms with Gasteiger partial charge in [0.2, 0.25) is 0 Å². The maximum Gasteiger partial charge on any atom is 0.265 e. The van der Waals surface area contributed by atoms with Gasteiger partial charge in [-0.05, 0) is 55.3 Å². The zero-order chi connectivity index (χ0) is 21.3. The van der Waals surface area contributed by atoms with Crippen molar-refractivity contribution < 1.29 is 4.79 Å². The molecular formula is C24H20ClN3O2. The Labute approximate surface area is 179 Å². The first-order chi connectivity index (χ1) is 14.4. The number of fused-ring (bicyclic) bond motifs is 1. The van der Waals surface area contributed by atoms with E-state index in [1.54, 1.807) is 35.0 Å². The zero-order valence-corrected chi connectivity index (χ0v) is 17.4. The number of carbonyl (C=O) groups is 1. The van der Waals surface area contributed by atoms with Crippen molar-refractivity contribution in [3.8, 4) is 0 Å². The highest BCUT2D eigenvalue weighted by Gasteiger charge is 2.17. The first-order valence-electron chi connectivity index (χ1n) is 9.54. The summed E-state index contributed by atoms with van der Waals surface area (Å²) in [5.41, 5.74) is 3.73. The molecule has 0 aliphatic heterocycles. The van der Waals surface area contributed by atoms with Gasteiger partial charge in [-0.3, -0.25) is 14.2 Å². The second kappa shape index (κ2) is 8.13. The maximum atomic E-state index is 13.3. The van der Waals surface area contributed by atoms with E-state index in [2.05, 4.69) is 10.3 Å². The second-order valence-corrected chi connectivity index (χ2v) is 7.70. The van der Waals surface area contributed by atoms with E-state index in [0.717, 1.165) is 22.1 Å². The van der Waals surface area contributed by atoms with E-state index in [1.807, 2.05) is 50.2 Å². The summed E-state index contributed by atoms with van der Waals surface area (Å²) in [7, 11) is 0. The number of rotatable bonds is 4. The normalized spacial score (nSPS) is 10.9. The molecule has 4 rings (SSSR count). The summed E-state index contributed by atoms with van der Waals surface area (Å²) in [5.74, 6) is -0.478. The van der Waals surface area contributed by atoms with Crippen LogP contribution in [0.5, 0.6) is 0 Å². The van der Waals surface area contributed by atoms with Crippen molar-refractivity contribution in [1.82, 2.24) is 9.55 Å². The molecule has 4 aromatic rings. The van der Waals surface area contributed by atoms with Crippen molar-refractivity contribution in [2.24, 2.45) is 0 Å². The number of nitrogens with zero attached hydrogens (tertiary/aromatic N) is 2. The lowest BCUT2D eigenvalue weighted by atomic mass is 10.1. The lowest BCUT2D eigenvalue weighted by Gasteiger charge is -2.13. The van der Waals surface area contributed by atoms with Crippen molar-refractivity contribution in [3.63, 3.8) is 0 Å². The predicted octanol–water partition coefficient (Wildman–Crippen LogP) is 4.97. The van der Waals surface area contributed by atoms with Gasteiger partial charge in [0.05, 0.1) is 6.54 Å². The van der Waals surface area contributed by atoms with Gasteiger partial charge in [-0.25, -0.2) is 4.98 Å². The Morgan fingerprint density at radius 1 is 1.07 bits per heavy atom. The first kappa shape index (κ1) is 19.9. The lowest BCUT2D eigenvalue weighted by molar-refractivity contribution is 0.102. The van der Waals surface area contributed by atoms with Crippen LogP contribution in [0.3, 0.4) is 0 Å². The number of benzene rings is 2. The third-order valence-corrected chi connectivity index (χ3v) is 5.24. The molecule has 1 N–H and O–H groups in total. The third-order valence-electron chi connectivity index (χ3n) is 5.00. The first-order valence-corrected chi connectivity index (χ1v) is 9.92. The van der Waals surface area contributed by atoms with Crippen LogP contribution < -0.4 is 10.9 Å². The third kappa shape index (κ3) is 3.98. The van der Waals surface area contributed by atoms with Crippen molar-refractivity contribution in [2.45, 2.75) is 20.4 Å². The molecule has 2 aromatic heterocycles. The number of halogens is 1. The van der Waals surface area contributed by atoms with Crippen LogP contribution in [0.1, 0.15) is 27.0 Å². The number of nitrogens with one attached hydrogen (secondary N) is 1. The van der Waals surface area contributed by atoms with Gasteiger partial charge in [0, 0.05) is 22.3 Å². The SMILES string of the molecule is Cc1ccc(Cn2c(=O)c(C(=O)Nc3cc(Cl)ccc3C)cc3cccnc32)cc1. The number of amides is 1. The summed E-state index contributed by atoms with van der Waals surface area (Å²) in [5, 5.41) is 4.04. The van der Waals surface area contributed by atoms with E-state index in [1.165, 1.54) is 0 Å². The van der Waals surface area contributed by atoms with Crippen LogP contribution in [0, 0.1) is 13.8 Å². The zero-order valence-electron chi connectivity index (χ0n) is 16.6. The Balaban J connectivity index is 1.79. The number of hydrogen-bond donors (Lipinski definition) is 1. The minimum atomic E-state index is -0.478. The van der Waals surface area contributed by atoms with E-state index < -0.39 is 5.91 Å². The van der Waals surface area contributed by atoms with Crippen LogP contribution in [0.25, 0.3) is 11.0 Å². The largest absolute Gasteiger partial charge is 0.322 e. The number of carbonyl (C=O) groups excluding carboxylic acids is 1. The summed E-state index contributed by atoms with van der Waals surface area (Å²) in [6.07, 6.45) is 1.64. The molecule has 6 heteroatoms. The molecule has 2 heterocycles. The molecule has 1 amide bonds. The van der Waals surface area contributed by atoms with Crippen LogP contribution >= 0.6 is 11.6 Å². The Kier molecular flexibility index (Phi) is 5.38. The van der Waals surface area contributed by atoms with Gasteiger partial charge in [-0.1, -0.05) is 47.5 Å². The van der Waals surface area contributed by atoms with Crippen LogP contribution in [0.15, 0.2) is 71.7 Å². The molecule has 0 aliphatic rings. The van der Waals surface area contributed by atoms with Crippen molar-refractivity contribution >= 4 is 34.2 Å². The highest BCUT2D eigenvalue weighted by Crippen LogP contribution is 2.21. The topological polar surface area (TPSA) is 64.0 Å². The van der Waals surface area contributed by atoms with Crippen molar-refractivity contribution in [3.05, 3.63) is 104 Å². The molecule has 0 radical (unpaired) electrons. The fourth-order valence-corrected chi connectivity index (χ4v) is 3.48. The molecular weight excluding hydrogens is 398 g/mol. The van der Waals surface area contributed by atoms with Gasteiger partial charge < -0.3 is 5.32 Å². The number of aryl methyl sites for hydroxylation is 2. The molecule has 0 unspecified atom stereocenters. The average molecular weight is 418 g/mol. The Morgan fingerprint density at radius 2 is 1.83 bits per heavy atom. The summed E-state index contributed by atoms with van der Waals surface area (Å²) in [6, 6.07) is 18.4. The minimum absolute atomic E-state index is 0.0574. The van der Waals surface area contributed by atoms with Crippen LogP contribution in [0.4, 0.5) is 5.69 Å². The number of anilines is 1. The molecule has 5 nitrogen and oxygen atoms in total. The van der Waals surface area contributed by atoms with E-state index in [-0.39, 0.29) is 11.1 Å². The standard InChI is InChI=1S/C24H20ClN3O2/c1-15-5-8-17(9-6-15)14-28-22-18(4-3-11-26-22)12-20(24(28)30)23(29)27-21-13-19(25)10-7-16(21)2/h3-13H,14H2,1-2H3,(H,27,29). The molecule has 30 heavy (non-hydrogen) atoms. The molecule has 150 valence electrons. The van der Waals surface area contributed by atoms with E-state index in [4.69, 9.17) is 11.6 Å².